The molecule has 2 saturated heterocycles. The largest absolute Gasteiger partial charge is 0.377 e. The molecule has 0 aromatic carbocycles. The predicted molar refractivity (Wildman–Crippen MR) is 69.7 cm³/mol. The fourth-order valence-corrected chi connectivity index (χ4v) is 3.69. The van der Waals surface area contributed by atoms with Crippen LogP contribution in [0.3, 0.4) is 0 Å². The van der Waals surface area contributed by atoms with Gasteiger partial charge >= 0.3 is 0 Å². The third kappa shape index (κ3) is 1.95. The van der Waals surface area contributed by atoms with Gasteiger partial charge < -0.3 is 9.64 Å². The number of ether oxygens (including phenoxy) is 1. The van der Waals surface area contributed by atoms with Crippen molar-refractivity contribution in [1.82, 2.24) is 9.88 Å². The number of hydrogen-bond donors (Lipinski definition) is 0. The van der Waals surface area contributed by atoms with Crippen LogP contribution in [-0.4, -0.2) is 43.2 Å². The number of hydrogen-bond acceptors (Lipinski definition) is 5. The van der Waals surface area contributed by atoms with Crippen molar-refractivity contribution in [2.24, 2.45) is 0 Å². The molecule has 2 aliphatic rings. The Bertz CT molecular complexity index is 475. The number of nitriles is 1. The summed E-state index contributed by atoms with van der Waals surface area (Å²) in [5, 5.41) is 12.5. The molecule has 1 unspecified atom stereocenters. The van der Waals surface area contributed by atoms with Gasteiger partial charge in [0.1, 0.15) is 5.41 Å². The van der Waals surface area contributed by atoms with Crippen molar-refractivity contribution < 1.29 is 4.74 Å². The molecule has 3 heterocycles. The van der Waals surface area contributed by atoms with Crippen LogP contribution in [0.1, 0.15) is 29.5 Å². The second-order valence-corrected chi connectivity index (χ2v) is 6.25. The van der Waals surface area contributed by atoms with Gasteiger partial charge in [-0.25, -0.2) is 4.98 Å². The van der Waals surface area contributed by atoms with Crippen molar-refractivity contribution in [2.75, 3.05) is 33.4 Å². The van der Waals surface area contributed by atoms with E-state index in [0.29, 0.717) is 19.1 Å². The molecule has 4 nitrogen and oxygen atoms in total. The third-order valence-electron chi connectivity index (χ3n) is 3.90. The zero-order chi connectivity index (χ0) is 12.6. The fraction of sp³-hybridized carbons (Fsp3) is 0.692. The molecule has 2 aliphatic heterocycles. The second kappa shape index (κ2) is 4.61. The summed E-state index contributed by atoms with van der Waals surface area (Å²) < 4.78 is 5.19. The summed E-state index contributed by atoms with van der Waals surface area (Å²) in [4.78, 5) is 7.09. The highest BCUT2D eigenvalue weighted by atomic mass is 32.1. The van der Waals surface area contributed by atoms with Gasteiger partial charge in [0.05, 0.1) is 30.0 Å². The lowest BCUT2D eigenvalue weighted by Crippen LogP contribution is -2.45. The molecule has 96 valence electrons. The average Bonchev–Trinajstić information content (AvgIpc) is 2.78. The number of rotatable bonds is 2. The quantitative estimate of drug-likeness (QED) is 0.815. The number of piperidine rings is 1. The Morgan fingerprint density at radius 2 is 2.44 bits per heavy atom. The van der Waals surface area contributed by atoms with Gasteiger partial charge in [0.2, 0.25) is 0 Å². The summed E-state index contributed by atoms with van der Waals surface area (Å²) in [6.07, 6.45) is 2.45. The van der Waals surface area contributed by atoms with E-state index in [0.717, 1.165) is 12.2 Å². The maximum absolute atomic E-state index is 9.28. The van der Waals surface area contributed by atoms with E-state index in [1.54, 1.807) is 11.3 Å². The van der Waals surface area contributed by atoms with Crippen molar-refractivity contribution in [1.29, 1.82) is 5.26 Å². The van der Waals surface area contributed by atoms with Crippen LogP contribution in [0.2, 0.25) is 0 Å². The van der Waals surface area contributed by atoms with Crippen LogP contribution in [0.15, 0.2) is 5.38 Å². The molecule has 0 radical (unpaired) electrons. The molecule has 2 fully saturated rings. The van der Waals surface area contributed by atoms with Crippen LogP contribution >= 0.6 is 11.3 Å². The monoisotopic (exact) mass is 263 g/mol. The number of likely N-dealkylation sites (N-methyl/N-ethyl adjacent to an activating group) is 1. The van der Waals surface area contributed by atoms with Gasteiger partial charge in [-0.3, -0.25) is 0 Å². The first-order valence-electron chi connectivity index (χ1n) is 6.37. The fourth-order valence-electron chi connectivity index (χ4n) is 2.64. The van der Waals surface area contributed by atoms with E-state index in [2.05, 4.69) is 23.4 Å². The van der Waals surface area contributed by atoms with Crippen molar-refractivity contribution in [2.45, 2.75) is 24.2 Å². The van der Waals surface area contributed by atoms with Gasteiger partial charge in [0.15, 0.2) is 0 Å². The van der Waals surface area contributed by atoms with Crippen molar-refractivity contribution in [3.63, 3.8) is 0 Å². The Balaban J connectivity index is 1.79. The van der Waals surface area contributed by atoms with E-state index in [9.17, 15) is 5.26 Å². The Kier molecular flexibility index (Phi) is 3.10. The van der Waals surface area contributed by atoms with E-state index in [4.69, 9.17) is 9.72 Å². The lowest BCUT2D eigenvalue weighted by Gasteiger charge is -2.33. The molecule has 0 bridgehead atoms. The Hall–Kier alpha value is -0.960. The molecule has 1 atom stereocenters. The van der Waals surface area contributed by atoms with Gasteiger partial charge in [0, 0.05) is 17.8 Å². The van der Waals surface area contributed by atoms with Gasteiger partial charge in [-0.1, -0.05) is 0 Å². The van der Waals surface area contributed by atoms with Crippen LogP contribution in [0.5, 0.6) is 0 Å². The zero-order valence-electron chi connectivity index (χ0n) is 10.6. The Labute approximate surface area is 111 Å². The van der Waals surface area contributed by atoms with Crippen LogP contribution in [0.4, 0.5) is 0 Å². The van der Waals surface area contributed by atoms with Gasteiger partial charge in [-0.05, 0) is 26.4 Å². The van der Waals surface area contributed by atoms with E-state index in [-0.39, 0.29) is 0 Å². The molecule has 0 saturated carbocycles. The van der Waals surface area contributed by atoms with Gasteiger partial charge in [0.25, 0.3) is 0 Å². The van der Waals surface area contributed by atoms with Crippen LogP contribution in [0, 0.1) is 11.3 Å². The summed E-state index contributed by atoms with van der Waals surface area (Å²) in [5.74, 6) is 0.541. The summed E-state index contributed by atoms with van der Waals surface area (Å²) >= 11 is 1.71. The smallest absolute Gasteiger partial charge is 0.146 e. The van der Waals surface area contributed by atoms with Crippen molar-refractivity contribution >= 4 is 11.3 Å². The minimum absolute atomic E-state index is 0.463. The highest BCUT2D eigenvalue weighted by Gasteiger charge is 2.43. The summed E-state index contributed by atoms with van der Waals surface area (Å²) in [7, 11) is 2.16. The molecule has 1 aromatic heterocycles. The topological polar surface area (TPSA) is 49.2 Å². The first-order chi connectivity index (χ1) is 8.73. The molecule has 5 heteroatoms. The molecule has 0 aliphatic carbocycles. The molecule has 18 heavy (non-hydrogen) atoms. The first-order valence-corrected chi connectivity index (χ1v) is 7.25. The Morgan fingerprint density at radius 3 is 3.06 bits per heavy atom. The van der Waals surface area contributed by atoms with Crippen molar-refractivity contribution in [3.8, 4) is 6.07 Å². The molecule has 0 N–H and O–H groups in total. The molecular weight excluding hydrogens is 246 g/mol. The normalized spacial score (nSPS) is 27.4. The maximum Gasteiger partial charge on any atom is 0.146 e. The van der Waals surface area contributed by atoms with Crippen LogP contribution in [-0.2, 0) is 10.2 Å². The number of aromatic nitrogens is 1. The number of nitrogens with zero attached hydrogens (tertiary/aromatic N) is 3. The molecule has 0 amide bonds. The van der Waals surface area contributed by atoms with E-state index < -0.39 is 5.41 Å². The molecule has 1 aromatic rings. The van der Waals surface area contributed by atoms with E-state index in [1.165, 1.54) is 24.4 Å². The minimum Gasteiger partial charge on any atom is -0.377 e. The standard InChI is InChI=1S/C13H17N3OS/c1-16-4-2-3-10(5-16)12-15-11(6-18-12)13(7-14)8-17-9-13/h6,10H,2-5,8-9H2,1H3. The van der Waals surface area contributed by atoms with Crippen molar-refractivity contribution in [3.05, 3.63) is 16.1 Å². The summed E-state index contributed by atoms with van der Waals surface area (Å²) in [6, 6.07) is 2.36. The first kappa shape index (κ1) is 12.1. The summed E-state index contributed by atoms with van der Waals surface area (Å²) in [5.41, 5.74) is 0.458. The molecule has 3 rings (SSSR count). The predicted octanol–water partition coefficient (Wildman–Crippen LogP) is 1.74. The van der Waals surface area contributed by atoms with Gasteiger partial charge in [-0.15, -0.1) is 11.3 Å². The SMILES string of the molecule is CN1CCCC(c2nc(C3(C#N)COC3)cs2)C1. The highest BCUT2D eigenvalue weighted by molar-refractivity contribution is 7.09. The second-order valence-electron chi connectivity index (χ2n) is 5.36. The maximum atomic E-state index is 9.28. The number of likely N-dealkylation sites (tertiary alicyclic amines) is 1. The molecule has 0 spiro atoms. The minimum atomic E-state index is -0.463. The average molecular weight is 263 g/mol. The number of thiazole rings is 1. The molecular formula is C13H17N3OS. The van der Waals surface area contributed by atoms with E-state index in [1.807, 2.05) is 0 Å². The van der Waals surface area contributed by atoms with Gasteiger partial charge in [-0.2, -0.15) is 5.26 Å². The third-order valence-corrected chi connectivity index (χ3v) is 4.90. The lowest BCUT2D eigenvalue weighted by atomic mass is 9.85. The lowest BCUT2D eigenvalue weighted by molar-refractivity contribution is -0.0315. The summed E-state index contributed by atoms with van der Waals surface area (Å²) in [6.45, 7) is 3.27. The zero-order valence-corrected chi connectivity index (χ0v) is 11.4. The van der Waals surface area contributed by atoms with E-state index >= 15 is 0 Å². The van der Waals surface area contributed by atoms with Crippen LogP contribution < -0.4 is 0 Å². The van der Waals surface area contributed by atoms with Crippen LogP contribution in [0.25, 0.3) is 0 Å². The highest BCUT2D eigenvalue weighted by Crippen LogP contribution is 2.35. The Morgan fingerprint density at radius 1 is 1.61 bits per heavy atom.